The molecule has 3 N–H and O–H groups in total. The molecule has 0 unspecified atom stereocenters. The van der Waals surface area contributed by atoms with Gasteiger partial charge < -0.3 is 15.3 Å². The van der Waals surface area contributed by atoms with E-state index in [2.05, 4.69) is 10.8 Å². The van der Waals surface area contributed by atoms with E-state index in [4.69, 9.17) is 16.4 Å². The van der Waals surface area contributed by atoms with Crippen LogP contribution in [0.15, 0.2) is 72.8 Å². The maximum absolute atomic E-state index is 14.2. The highest BCUT2D eigenvalue weighted by Gasteiger charge is 2.48. The van der Waals surface area contributed by atoms with E-state index in [-0.39, 0.29) is 36.1 Å². The summed E-state index contributed by atoms with van der Waals surface area (Å²) in [7, 11) is 0. The van der Waals surface area contributed by atoms with Crippen molar-refractivity contribution in [3.8, 4) is 0 Å². The van der Waals surface area contributed by atoms with Gasteiger partial charge >= 0.3 is 5.97 Å². The second kappa shape index (κ2) is 12.8. The molecule has 0 bridgehead atoms. The Hall–Kier alpha value is -4.21. The van der Waals surface area contributed by atoms with Crippen molar-refractivity contribution < 1.29 is 29.1 Å². The minimum atomic E-state index is -1.06. The third-order valence-corrected chi connectivity index (χ3v) is 8.18. The first-order valence-electron chi connectivity index (χ1n) is 13.9. The van der Waals surface area contributed by atoms with E-state index in [1.54, 1.807) is 53.4 Å². The molecule has 3 aromatic rings. The third kappa shape index (κ3) is 6.17. The lowest BCUT2D eigenvalue weighted by Crippen LogP contribution is -2.59. The molecule has 1 saturated carbocycles. The largest absolute Gasteiger partial charge is 0.478 e. The fraction of sp³-hybridized carbons (Fsp3) is 0.312. The van der Waals surface area contributed by atoms with Crippen LogP contribution in [-0.2, 0) is 21.0 Å². The first kappa shape index (κ1) is 29.3. The van der Waals surface area contributed by atoms with Crippen molar-refractivity contribution in [1.82, 2.24) is 15.7 Å². The number of rotatable bonds is 8. The summed E-state index contributed by atoms with van der Waals surface area (Å²) < 4.78 is 0. The molecule has 1 aliphatic heterocycles. The van der Waals surface area contributed by atoms with Crippen LogP contribution in [0, 0.1) is 0 Å². The van der Waals surface area contributed by atoms with Gasteiger partial charge in [-0.15, -0.1) is 0 Å². The van der Waals surface area contributed by atoms with Gasteiger partial charge in [0.15, 0.2) is 0 Å². The van der Waals surface area contributed by atoms with Crippen molar-refractivity contribution in [2.75, 3.05) is 0 Å². The zero-order valence-corrected chi connectivity index (χ0v) is 23.8. The Balaban J connectivity index is 1.52. The molecule has 1 heterocycles. The highest BCUT2D eigenvalue weighted by molar-refractivity contribution is 6.30. The second-order valence-electron chi connectivity index (χ2n) is 10.7. The number of hydrogen-bond acceptors (Lipinski definition) is 5. The number of carboxylic acids is 1. The maximum Gasteiger partial charge on any atom is 0.335 e. The Kier molecular flexibility index (Phi) is 8.89. The SMILES string of the molecule is CC(=O)N[C@H]1CCCC[C@@H]1N1C(=O)c2ccccc2[C@@H](C(=O)NOCc2cccc(C(=O)O)c2)[C@@H]1c1ccc(Cl)cc1. The van der Waals surface area contributed by atoms with Crippen LogP contribution < -0.4 is 10.8 Å². The summed E-state index contributed by atoms with van der Waals surface area (Å²) in [4.78, 5) is 59.1. The van der Waals surface area contributed by atoms with Crippen LogP contribution in [0.3, 0.4) is 0 Å². The van der Waals surface area contributed by atoms with Gasteiger partial charge in [-0.2, -0.15) is 0 Å². The molecule has 1 aliphatic carbocycles. The Morgan fingerprint density at radius 3 is 2.48 bits per heavy atom. The molecule has 4 atom stereocenters. The van der Waals surface area contributed by atoms with Crippen LogP contribution in [0.2, 0.25) is 5.02 Å². The fourth-order valence-electron chi connectivity index (χ4n) is 6.14. The molecule has 5 rings (SSSR count). The lowest BCUT2D eigenvalue weighted by molar-refractivity contribution is -0.138. The summed E-state index contributed by atoms with van der Waals surface area (Å²) in [6.45, 7) is 1.41. The number of carbonyl (C=O) groups is 4. The van der Waals surface area contributed by atoms with Gasteiger partial charge in [-0.3, -0.25) is 19.2 Å². The van der Waals surface area contributed by atoms with Crippen molar-refractivity contribution in [2.45, 2.75) is 63.3 Å². The summed E-state index contributed by atoms with van der Waals surface area (Å²) in [5.74, 6) is -2.74. The van der Waals surface area contributed by atoms with E-state index >= 15 is 0 Å². The highest BCUT2D eigenvalue weighted by atomic mass is 35.5. The molecule has 0 radical (unpaired) electrons. The van der Waals surface area contributed by atoms with E-state index < -0.39 is 23.8 Å². The van der Waals surface area contributed by atoms with E-state index in [0.717, 1.165) is 24.8 Å². The van der Waals surface area contributed by atoms with Gasteiger partial charge in [-0.05, 0) is 59.9 Å². The molecule has 2 aliphatic rings. The molecule has 218 valence electrons. The van der Waals surface area contributed by atoms with E-state index in [0.29, 0.717) is 28.1 Å². The van der Waals surface area contributed by atoms with Crippen molar-refractivity contribution in [3.05, 3.63) is 106 Å². The van der Waals surface area contributed by atoms with Crippen molar-refractivity contribution in [3.63, 3.8) is 0 Å². The first-order valence-corrected chi connectivity index (χ1v) is 14.3. The van der Waals surface area contributed by atoms with E-state index in [9.17, 15) is 24.3 Å². The van der Waals surface area contributed by atoms with Gasteiger partial charge in [0.2, 0.25) is 5.91 Å². The van der Waals surface area contributed by atoms with Gasteiger partial charge in [0.25, 0.3) is 11.8 Å². The third-order valence-electron chi connectivity index (χ3n) is 7.93. The maximum atomic E-state index is 14.2. The van der Waals surface area contributed by atoms with Crippen LogP contribution in [0.5, 0.6) is 0 Å². The summed E-state index contributed by atoms with van der Waals surface area (Å²) in [6.07, 6.45) is 3.20. The Labute approximate surface area is 248 Å². The predicted molar refractivity (Wildman–Crippen MR) is 156 cm³/mol. The minimum absolute atomic E-state index is 0.0529. The molecule has 3 amide bonds. The molecule has 0 spiro atoms. The average molecular weight is 590 g/mol. The number of hydroxylamine groups is 1. The number of hydrogen-bond donors (Lipinski definition) is 3. The van der Waals surface area contributed by atoms with Gasteiger partial charge in [-0.25, -0.2) is 10.3 Å². The second-order valence-corrected chi connectivity index (χ2v) is 11.1. The molecule has 3 aromatic carbocycles. The summed E-state index contributed by atoms with van der Waals surface area (Å²) in [5, 5.41) is 12.9. The molecule has 1 fully saturated rings. The molecular weight excluding hydrogens is 558 g/mol. The predicted octanol–water partition coefficient (Wildman–Crippen LogP) is 5.01. The van der Waals surface area contributed by atoms with Crippen LogP contribution in [0.1, 0.15) is 82.0 Å². The molecule has 10 heteroatoms. The number of amides is 3. The molecule has 42 heavy (non-hydrogen) atoms. The van der Waals surface area contributed by atoms with Crippen LogP contribution in [0.25, 0.3) is 0 Å². The van der Waals surface area contributed by atoms with E-state index in [1.165, 1.54) is 19.1 Å². The number of nitrogens with one attached hydrogen (secondary N) is 2. The van der Waals surface area contributed by atoms with Crippen LogP contribution in [0.4, 0.5) is 0 Å². The summed E-state index contributed by atoms with van der Waals surface area (Å²) in [5.41, 5.74) is 4.97. The number of benzene rings is 3. The zero-order chi connectivity index (χ0) is 29.8. The zero-order valence-electron chi connectivity index (χ0n) is 23.1. The Bertz CT molecular complexity index is 1490. The quantitative estimate of drug-likeness (QED) is 0.317. The minimum Gasteiger partial charge on any atom is -0.478 e. The number of nitrogens with zero attached hydrogens (tertiary/aromatic N) is 1. The van der Waals surface area contributed by atoms with E-state index in [1.807, 2.05) is 12.1 Å². The smallest absolute Gasteiger partial charge is 0.335 e. The van der Waals surface area contributed by atoms with Gasteiger partial charge in [0.1, 0.15) is 0 Å². The van der Waals surface area contributed by atoms with Crippen LogP contribution in [-0.4, -0.2) is 45.8 Å². The number of aromatic carboxylic acids is 1. The first-order chi connectivity index (χ1) is 20.2. The molecule has 0 saturated heterocycles. The summed E-state index contributed by atoms with van der Waals surface area (Å²) in [6, 6.07) is 19.1. The number of carbonyl (C=O) groups excluding carboxylic acids is 3. The number of halogens is 1. The lowest BCUT2D eigenvalue weighted by Gasteiger charge is -2.49. The number of carboxylic acid groups (broad SMARTS) is 1. The van der Waals surface area contributed by atoms with Crippen LogP contribution >= 0.6 is 11.6 Å². The van der Waals surface area contributed by atoms with Gasteiger partial charge in [0.05, 0.1) is 30.2 Å². The van der Waals surface area contributed by atoms with Gasteiger partial charge in [0, 0.05) is 23.6 Å². The highest BCUT2D eigenvalue weighted by Crippen LogP contribution is 2.46. The topological polar surface area (TPSA) is 125 Å². The standard InChI is InChI=1S/C32H32ClN3O6/c1-19(37)34-26-11-4-5-12-27(26)36-29(21-13-15-23(33)16-14-21)28(24-9-2-3-10-25(24)31(36)39)30(38)35-42-18-20-7-6-8-22(17-20)32(40)41/h2-3,6-10,13-17,26-29H,4-5,11-12,18H2,1H3,(H,34,37)(H,35,38)(H,40,41)/t26-,27-,28+,29-/m0/s1. The van der Waals surface area contributed by atoms with Crippen molar-refractivity contribution >= 4 is 35.3 Å². The molecule has 0 aromatic heterocycles. The Morgan fingerprint density at radius 2 is 1.74 bits per heavy atom. The monoisotopic (exact) mass is 589 g/mol. The Morgan fingerprint density at radius 1 is 1.00 bits per heavy atom. The van der Waals surface area contributed by atoms with Gasteiger partial charge in [-0.1, -0.05) is 66.9 Å². The molecule has 9 nitrogen and oxygen atoms in total. The van der Waals surface area contributed by atoms with Crippen molar-refractivity contribution in [1.29, 1.82) is 0 Å². The molecular formula is C32H32ClN3O6. The normalized spacial score (nSPS) is 21.8. The lowest BCUT2D eigenvalue weighted by atomic mass is 9.76. The number of fused-ring (bicyclic) bond motifs is 1. The average Bonchev–Trinajstić information content (AvgIpc) is 2.98. The fourth-order valence-corrected chi connectivity index (χ4v) is 6.26. The summed E-state index contributed by atoms with van der Waals surface area (Å²) >= 11 is 6.22. The van der Waals surface area contributed by atoms with Crippen molar-refractivity contribution in [2.24, 2.45) is 0 Å².